The SMILES string of the molecule is CCCOc1ccc(C(=O)CCC(=O)N2CCCCC2C(=O)O)cc1. The van der Waals surface area contributed by atoms with Crippen molar-refractivity contribution in [2.24, 2.45) is 0 Å². The number of Topliss-reactive ketones (excluding diaryl/α,β-unsaturated/α-hetero) is 1. The average molecular weight is 347 g/mol. The summed E-state index contributed by atoms with van der Waals surface area (Å²) in [5, 5.41) is 9.23. The van der Waals surface area contributed by atoms with E-state index in [1.54, 1.807) is 24.3 Å². The second-order valence-electron chi connectivity index (χ2n) is 6.23. The zero-order chi connectivity index (χ0) is 18.2. The number of benzene rings is 1. The Morgan fingerprint density at radius 3 is 2.52 bits per heavy atom. The van der Waals surface area contributed by atoms with Crippen molar-refractivity contribution >= 4 is 17.7 Å². The number of carboxylic acid groups (broad SMARTS) is 1. The smallest absolute Gasteiger partial charge is 0.326 e. The van der Waals surface area contributed by atoms with E-state index in [-0.39, 0.29) is 24.5 Å². The van der Waals surface area contributed by atoms with Crippen molar-refractivity contribution in [3.63, 3.8) is 0 Å². The molecule has 25 heavy (non-hydrogen) atoms. The van der Waals surface area contributed by atoms with E-state index in [4.69, 9.17) is 4.74 Å². The van der Waals surface area contributed by atoms with E-state index >= 15 is 0 Å². The highest BCUT2D eigenvalue weighted by Crippen LogP contribution is 2.19. The fraction of sp³-hybridized carbons (Fsp3) is 0.526. The number of carboxylic acids is 1. The average Bonchev–Trinajstić information content (AvgIpc) is 2.64. The second-order valence-corrected chi connectivity index (χ2v) is 6.23. The Kier molecular flexibility index (Phi) is 6.98. The van der Waals surface area contributed by atoms with Crippen LogP contribution < -0.4 is 4.74 Å². The molecule has 6 heteroatoms. The first-order valence-corrected chi connectivity index (χ1v) is 8.81. The summed E-state index contributed by atoms with van der Waals surface area (Å²) in [7, 11) is 0. The van der Waals surface area contributed by atoms with E-state index in [0.717, 1.165) is 19.3 Å². The topological polar surface area (TPSA) is 83.9 Å². The fourth-order valence-corrected chi connectivity index (χ4v) is 2.95. The first kappa shape index (κ1) is 19.0. The predicted octanol–water partition coefficient (Wildman–Crippen LogP) is 2.90. The highest BCUT2D eigenvalue weighted by atomic mass is 16.5. The molecule has 1 aliphatic heterocycles. The number of likely N-dealkylation sites (tertiary alicyclic amines) is 1. The largest absolute Gasteiger partial charge is 0.494 e. The lowest BCUT2D eigenvalue weighted by molar-refractivity contribution is -0.152. The van der Waals surface area contributed by atoms with Crippen LogP contribution in [-0.4, -0.2) is 46.9 Å². The third kappa shape index (κ3) is 5.31. The Balaban J connectivity index is 1.88. The van der Waals surface area contributed by atoms with E-state index < -0.39 is 12.0 Å². The van der Waals surface area contributed by atoms with E-state index in [2.05, 4.69) is 0 Å². The number of carbonyl (C=O) groups is 3. The maximum Gasteiger partial charge on any atom is 0.326 e. The van der Waals surface area contributed by atoms with Crippen molar-refractivity contribution < 1.29 is 24.2 Å². The number of amides is 1. The van der Waals surface area contributed by atoms with E-state index in [1.165, 1.54) is 4.90 Å². The summed E-state index contributed by atoms with van der Waals surface area (Å²) in [6.07, 6.45) is 3.13. The Hall–Kier alpha value is -2.37. The van der Waals surface area contributed by atoms with Crippen molar-refractivity contribution in [2.45, 2.75) is 51.5 Å². The van der Waals surface area contributed by atoms with Crippen LogP contribution in [0.15, 0.2) is 24.3 Å². The monoisotopic (exact) mass is 347 g/mol. The molecule has 1 fully saturated rings. The van der Waals surface area contributed by atoms with Crippen molar-refractivity contribution in [1.82, 2.24) is 4.90 Å². The summed E-state index contributed by atoms with van der Waals surface area (Å²) in [5.41, 5.74) is 0.532. The van der Waals surface area contributed by atoms with Crippen LogP contribution in [0.4, 0.5) is 0 Å². The number of hydrogen-bond donors (Lipinski definition) is 1. The van der Waals surface area contributed by atoms with Gasteiger partial charge in [-0.2, -0.15) is 0 Å². The number of aliphatic carboxylic acids is 1. The molecular formula is C19H25NO5. The van der Waals surface area contributed by atoms with Crippen molar-refractivity contribution in [3.05, 3.63) is 29.8 Å². The Labute approximate surface area is 147 Å². The highest BCUT2D eigenvalue weighted by Gasteiger charge is 2.31. The van der Waals surface area contributed by atoms with Crippen molar-refractivity contribution in [3.8, 4) is 5.75 Å². The van der Waals surface area contributed by atoms with Gasteiger partial charge in [-0.3, -0.25) is 9.59 Å². The summed E-state index contributed by atoms with van der Waals surface area (Å²) in [6, 6.07) is 6.12. The van der Waals surface area contributed by atoms with Gasteiger partial charge in [-0.05, 0) is 49.9 Å². The molecule has 0 spiro atoms. The molecule has 1 amide bonds. The highest BCUT2D eigenvalue weighted by molar-refractivity contribution is 5.98. The Morgan fingerprint density at radius 2 is 1.88 bits per heavy atom. The van der Waals surface area contributed by atoms with Crippen LogP contribution in [0, 0.1) is 0 Å². The van der Waals surface area contributed by atoms with Gasteiger partial charge >= 0.3 is 5.97 Å². The molecule has 2 rings (SSSR count). The first-order valence-electron chi connectivity index (χ1n) is 8.81. The van der Waals surface area contributed by atoms with Gasteiger partial charge in [-0.1, -0.05) is 6.92 Å². The molecule has 1 heterocycles. The molecular weight excluding hydrogens is 322 g/mol. The lowest BCUT2D eigenvalue weighted by atomic mass is 10.0. The van der Waals surface area contributed by atoms with Gasteiger partial charge in [0.15, 0.2) is 5.78 Å². The van der Waals surface area contributed by atoms with Crippen LogP contribution in [-0.2, 0) is 9.59 Å². The maximum atomic E-state index is 12.3. The van der Waals surface area contributed by atoms with Crippen molar-refractivity contribution in [2.75, 3.05) is 13.2 Å². The number of rotatable bonds is 8. The number of ketones is 1. The molecule has 1 aliphatic rings. The molecule has 0 aromatic heterocycles. The number of ether oxygens (including phenoxy) is 1. The molecule has 0 saturated carbocycles. The fourth-order valence-electron chi connectivity index (χ4n) is 2.95. The third-order valence-corrected chi connectivity index (χ3v) is 4.32. The second kappa shape index (κ2) is 9.20. The first-order chi connectivity index (χ1) is 12.0. The van der Waals surface area contributed by atoms with Gasteiger partial charge in [0.1, 0.15) is 11.8 Å². The minimum absolute atomic E-state index is 0.0384. The van der Waals surface area contributed by atoms with E-state index in [0.29, 0.717) is 30.9 Å². The van der Waals surface area contributed by atoms with Gasteiger partial charge in [-0.15, -0.1) is 0 Å². The normalized spacial score (nSPS) is 17.2. The molecule has 1 unspecified atom stereocenters. The molecule has 1 saturated heterocycles. The number of carbonyl (C=O) groups excluding carboxylic acids is 2. The van der Waals surface area contributed by atoms with Crippen molar-refractivity contribution in [1.29, 1.82) is 0 Å². The minimum atomic E-state index is -0.970. The third-order valence-electron chi connectivity index (χ3n) is 4.32. The van der Waals surface area contributed by atoms with Crippen LogP contribution in [0.2, 0.25) is 0 Å². The van der Waals surface area contributed by atoms with Gasteiger partial charge in [0.2, 0.25) is 5.91 Å². The Bertz CT molecular complexity index is 611. The molecule has 1 aromatic carbocycles. The van der Waals surface area contributed by atoms with Crippen LogP contribution in [0.5, 0.6) is 5.75 Å². The quantitative estimate of drug-likeness (QED) is 0.731. The molecule has 1 N–H and O–H groups in total. The molecule has 1 atom stereocenters. The zero-order valence-corrected chi connectivity index (χ0v) is 14.6. The maximum absolute atomic E-state index is 12.3. The molecule has 0 bridgehead atoms. The molecule has 136 valence electrons. The van der Waals surface area contributed by atoms with Crippen LogP contribution >= 0.6 is 0 Å². The van der Waals surface area contributed by atoms with Crippen LogP contribution in [0.25, 0.3) is 0 Å². The van der Waals surface area contributed by atoms with Crippen LogP contribution in [0.1, 0.15) is 55.8 Å². The van der Waals surface area contributed by atoms with Gasteiger partial charge in [0, 0.05) is 24.9 Å². The van der Waals surface area contributed by atoms with Crippen LogP contribution in [0.3, 0.4) is 0 Å². The lowest BCUT2D eigenvalue weighted by Crippen LogP contribution is -2.48. The molecule has 0 radical (unpaired) electrons. The summed E-state index contributed by atoms with van der Waals surface area (Å²) in [6.45, 7) is 3.10. The molecule has 0 aliphatic carbocycles. The summed E-state index contributed by atoms with van der Waals surface area (Å²) in [5.74, 6) is -0.642. The number of nitrogens with zero attached hydrogens (tertiary/aromatic N) is 1. The van der Waals surface area contributed by atoms with E-state index in [1.807, 2.05) is 6.92 Å². The number of hydrogen-bond acceptors (Lipinski definition) is 4. The van der Waals surface area contributed by atoms with Gasteiger partial charge < -0.3 is 14.7 Å². The summed E-state index contributed by atoms with van der Waals surface area (Å²) in [4.78, 5) is 37.2. The molecule has 6 nitrogen and oxygen atoms in total. The lowest BCUT2D eigenvalue weighted by Gasteiger charge is -2.33. The van der Waals surface area contributed by atoms with E-state index in [9.17, 15) is 19.5 Å². The zero-order valence-electron chi connectivity index (χ0n) is 14.6. The summed E-state index contributed by atoms with van der Waals surface area (Å²) < 4.78 is 5.47. The van der Waals surface area contributed by atoms with Gasteiger partial charge in [0.05, 0.1) is 6.61 Å². The number of piperidine rings is 1. The summed E-state index contributed by atoms with van der Waals surface area (Å²) >= 11 is 0. The minimum Gasteiger partial charge on any atom is -0.494 e. The van der Waals surface area contributed by atoms with Gasteiger partial charge in [0.25, 0.3) is 0 Å². The Morgan fingerprint density at radius 1 is 1.16 bits per heavy atom. The predicted molar refractivity (Wildman–Crippen MR) is 92.8 cm³/mol. The standard InChI is InChI=1S/C19H25NO5/c1-2-13-25-15-8-6-14(7-9-15)17(21)10-11-18(22)20-12-4-3-5-16(20)19(23)24/h6-9,16H,2-5,10-13H2,1H3,(H,23,24). The molecule has 1 aromatic rings. The van der Waals surface area contributed by atoms with Gasteiger partial charge in [-0.25, -0.2) is 4.79 Å².